The third-order valence-electron chi connectivity index (χ3n) is 9.83. The van der Waals surface area contributed by atoms with Crippen molar-refractivity contribution in [2.24, 2.45) is 0 Å². The lowest BCUT2D eigenvalue weighted by atomic mass is 9.85. The zero-order chi connectivity index (χ0) is 34.5. The Morgan fingerprint density at radius 2 is 0.863 bits per heavy atom. The van der Waals surface area contributed by atoms with E-state index in [4.69, 9.17) is 0 Å². The van der Waals surface area contributed by atoms with Gasteiger partial charge in [-0.2, -0.15) is 15.8 Å². The molecule has 4 nitrogen and oxygen atoms in total. The number of benzene rings is 8. The van der Waals surface area contributed by atoms with Crippen LogP contribution in [0.2, 0.25) is 0 Å². The maximum Gasteiger partial charge on any atom is 0.0992 e. The average Bonchev–Trinajstić information content (AvgIpc) is 3.53. The number of fused-ring (bicyclic) bond motifs is 5. The molecule has 9 rings (SSSR count). The fourth-order valence-electron chi connectivity index (χ4n) is 7.68. The van der Waals surface area contributed by atoms with Gasteiger partial charge in [0.2, 0.25) is 0 Å². The Labute approximate surface area is 294 Å². The minimum absolute atomic E-state index is 0.526. The Kier molecular flexibility index (Phi) is 6.93. The summed E-state index contributed by atoms with van der Waals surface area (Å²) in [5.41, 5.74) is 10.4. The lowest BCUT2D eigenvalue weighted by molar-refractivity contribution is 1.18. The van der Waals surface area contributed by atoms with Crippen molar-refractivity contribution in [3.63, 3.8) is 0 Å². The van der Waals surface area contributed by atoms with Crippen LogP contribution in [-0.2, 0) is 0 Å². The summed E-state index contributed by atoms with van der Waals surface area (Å²) in [5.74, 6) is 0. The highest BCUT2D eigenvalue weighted by atomic mass is 15.0. The first-order chi connectivity index (χ1) is 25.2. The van der Waals surface area contributed by atoms with Crippen LogP contribution in [0.1, 0.15) is 16.7 Å². The monoisotopic (exact) mass is 646 g/mol. The lowest BCUT2D eigenvalue weighted by Gasteiger charge is -2.19. The average molecular weight is 647 g/mol. The third-order valence-corrected chi connectivity index (χ3v) is 9.83. The number of para-hydroxylation sites is 1. The molecule has 1 heterocycles. The van der Waals surface area contributed by atoms with Gasteiger partial charge in [-0.05, 0) is 104 Å². The van der Waals surface area contributed by atoms with Crippen molar-refractivity contribution in [3.8, 4) is 57.3 Å². The molecular formula is C47H26N4. The molecule has 0 fully saturated rings. The Morgan fingerprint density at radius 1 is 0.353 bits per heavy atom. The number of nitrogens with zero attached hydrogens (tertiary/aromatic N) is 4. The smallest absolute Gasteiger partial charge is 0.0992 e. The topological polar surface area (TPSA) is 76.3 Å². The molecule has 0 radical (unpaired) electrons. The van der Waals surface area contributed by atoms with Crippen molar-refractivity contribution < 1.29 is 0 Å². The van der Waals surface area contributed by atoms with Crippen molar-refractivity contribution >= 4 is 43.4 Å². The standard InChI is InChI=1S/C47H26N4/c48-27-30-19-21-44-42(24-30)37-12-8-9-17-43(37)51(44)45-25-31(28-49)18-20-36(45)34-22-32(29-50)23-35(26-34)47-40-15-6-4-13-38(40)46(33-10-2-1-3-11-33)39-14-5-7-16-41(39)47/h1-26H. The maximum absolute atomic E-state index is 10.4. The van der Waals surface area contributed by atoms with Crippen molar-refractivity contribution in [2.45, 2.75) is 0 Å². The van der Waals surface area contributed by atoms with Gasteiger partial charge in [0.1, 0.15) is 0 Å². The molecule has 8 aromatic carbocycles. The molecule has 0 aliphatic rings. The molecule has 0 atom stereocenters. The van der Waals surface area contributed by atoms with E-state index in [9.17, 15) is 15.8 Å². The van der Waals surface area contributed by atoms with E-state index in [2.05, 4.69) is 114 Å². The largest absolute Gasteiger partial charge is 0.309 e. The Balaban J connectivity index is 1.36. The Hall–Kier alpha value is -7.45. The summed E-state index contributed by atoms with van der Waals surface area (Å²) >= 11 is 0. The van der Waals surface area contributed by atoms with E-state index in [1.807, 2.05) is 66.7 Å². The van der Waals surface area contributed by atoms with Crippen LogP contribution in [0.3, 0.4) is 0 Å². The molecule has 51 heavy (non-hydrogen) atoms. The molecule has 0 aliphatic heterocycles. The predicted octanol–water partition coefficient (Wildman–Crippen LogP) is 11.7. The van der Waals surface area contributed by atoms with Gasteiger partial charge in [-0.1, -0.05) is 103 Å². The molecule has 0 saturated carbocycles. The number of hydrogen-bond donors (Lipinski definition) is 0. The number of nitriles is 3. The van der Waals surface area contributed by atoms with Crippen LogP contribution >= 0.6 is 0 Å². The van der Waals surface area contributed by atoms with Gasteiger partial charge >= 0.3 is 0 Å². The van der Waals surface area contributed by atoms with E-state index >= 15 is 0 Å². The molecular weight excluding hydrogens is 621 g/mol. The van der Waals surface area contributed by atoms with Gasteiger partial charge in [-0.25, -0.2) is 0 Å². The van der Waals surface area contributed by atoms with Crippen molar-refractivity contribution in [1.29, 1.82) is 15.8 Å². The molecule has 0 bridgehead atoms. The molecule has 9 aromatic rings. The van der Waals surface area contributed by atoms with Crippen LogP contribution in [0.25, 0.3) is 82.4 Å². The van der Waals surface area contributed by atoms with Crippen LogP contribution in [0.5, 0.6) is 0 Å². The molecule has 0 spiro atoms. The first kappa shape index (κ1) is 29.7. The third kappa shape index (κ3) is 4.74. The Bertz CT molecular complexity index is 2940. The van der Waals surface area contributed by atoms with E-state index in [1.54, 1.807) is 0 Å². The molecule has 4 heteroatoms. The molecule has 0 saturated heterocycles. The van der Waals surface area contributed by atoms with Gasteiger partial charge in [-0.3, -0.25) is 0 Å². The molecule has 0 amide bonds. The summed E-state index contributed by atoms with van der Waals surface area (Å²) in [6, 6.07) is 60.2. The highest BCUT2D eigenvalue weighted by Crippen LogP contribution is 2.45. The number of hydrogen-bond acceptors (Lipinski definition) is 3. The fourth-order valence-corrected chi connectivity index (χ4v) is 7.68. The molecule has 0 unspecified atom stereocenters. The van der Waals surface area contributed by atoms with E-state index in [0.29, 0.717) is 16.7 Å². The zero-order valence-electron chi connectivity index (χ0n) is 27.3. The SMILES string of the molecule is N#Cc1cc(-c2ccc(C#N)cc2-n2c3ccccc3c3cc(C#N)ccc32)cc(-c2c3ccccc3c(-c3ccccc3)c3ccccc23)c1. The van der Waals surface area contributed by atoms with Gasteiger partial charge in [0.25, 0.3) is 0 Å². The van der Waals surface area contributed by atoms with Gasteiger partial charge in [0.15, 0.2) is 0 Å². The quantitative estimate of drug-likeness (QED) is 0.179. The summed E-state index contributed by atoms with van der Waals surface area (Å²) in [7, 11) is 0. The molecule has 234 valence electrons. The first-order valence-electron chi connectivity index (χ1n) is 16.7. The van der Waals surface area contributed by atoms with Crippen LogP contribution < -0.4 is 0 Å². The van der Waals surface area contributed by atoms with Gasteiger partial charge in [-0.15, -0.1) is 0 Å². The lowest BCUT2D eigenvalue weighted by Crippen LogP contribution is -1.99. The first-order valence-corrected chi connectivity index (χ1v) is 16.7. The van der Waals surface area contributed by atoms with Crippen LogP contribution in [0, 0.1) is 34.0 Å². The minimum Gasteiger partial charge on any atom is -0.309 e. The zero-order valence-corrected chi connectivity index (χ0v) is 27.3. The maximum atomic E-state index is 10.4. The minimum atomic E-state index is 0.526. The van der Waals surface area contributed by atoms with E-state index in [1.165, 1.54) is 5.56 Å². The second kappa shape index (κ2) is 11.9. The molecule has 0 N–H and O–H groups in total. The Morgan fingerprint density at radius 3 is 1.51 bits per heavy atom. The van der Waals surface area contributed by atoms with Crippen LogP contribution in [0.15, 0.2) is 158 Å². The normalized spacial score (nSPS) is 11.1. The van der Waals surface area contributed by atoms with Gasteiger partial charge in [0, 0.05) is 16.3 Å². The second-order valence-corrected chi connectivity index (χ2v) is 12.7. The highest BCUT2D eigenvalue weighted by molar-refractivity contribution is 6.21. The van der Waals surface area contributed by atoms with E-state index in [0.717, 1.165) is 76.9 Å². The number of aromatic nitrogens is 1. The van der Waals surface area contributed by atoms with Crippen LogP contribution in [0.4, 0.5) is 0 Å². The van der Waals surface area contributed by atoms with E-state index in [-0.39, 0.29) is 0 Å². The van der Waals surface area contributed by atoms with E-state index < -0.39 is 0 Å². The molecule has 0 aliphatic carbocycles. The highest BCUT2D eigenvalue weighted by Gasteiger charge is 2.20. The van der Waals surface area contributed by atoms with Crippen molar-refractivity contribution in [1.82, 2.24) is 4.57 Å². The molecule has 1 aromatic heterocycles. The summed E-state index contributed by atoms with van der Waals surface area (Å²) in [4.78, 5) is 0. The predicted molar refractivity (Wildman–Crippen MR) is 206 cm³/mol. The van der Waals surface area contributed by atoms with Crippen molar-refractivity contribution in [2.75, 3.05) is 0 Å². The van der Waals surface area contributed by atoms with Gasteiger partial charge in [0.05, 0.1) is 51.6 Å². The second-order valence-electron chi connectivity index (χ2n) is 12.7. The number of rotatable bonds is 4. The van der Waals surface area contributed by atoms with Gasteiger partial charge < -0.3 is 4.57 Å². The van der Waals surface area contributed by atoms with Crippen LogP contribution in [-0.4, -0.2) is 4.57 Å². The van der Waals surface area contributed by atoms with Crippen molar-refractivity contribution in [3.05, 3.63) is 174 Å². The summed E-state index contributed by atoms with van der Waals surface area (Å²) in [6.07, 6.45) is 0. The summed E-state index contributed by atoms with van der Waals surface area (Å²) in [5, 5.41) is 36.7. The summed E-state index contributed by atoms with van der Waals surface area (Å²) < 4.78 is 2.17. The fraction of sp³-hybridized carbons (Fsp3) is 0. The summed E-state index contributed by atoms with van der Waals surface area (Å²) in [6.45, 7) is 0.